The molecule has 0 spiro atoms. The Morgan fingerprint density at radius 3 is 2.54 bits per heavy atom. The highest BCUT2D eigenvalue weighted by Crippen LogP contribution is 2.35. The van der Waals surface area contributed by atoms with Crippen LogP contribution in [0.15, 0.2) is 41.3 Å². The van der Waals surface area contributed by atoms with Crippen molar-refractivity contribution in [3.05, 3.63) is 53.1 Å². The van der Waals surface area contributed by atoms with E-state index >= 15 is 0 Å². The molecule has 2 aromatic carbocycles. The van der Waals surface area contributed by atoms with Crippen LogP contribution in [0, 0.1) is 0 Å². The molecule has 2 aliphatic rings. The lowest BCUT2D eigenvalue weighted by Crippen LogP contribution is -2.35. The van der Waals surface area contributed by atoms with E-state index in [-0.39, 0.29) is 0 Å². The van der Waals surface area contributed by atoms with Crippen molar-refractivity contribution in [2.45, 2.75) is 43.4 Å². The van der Waals surface area contributed by atoms with Crippen LogP contribution in [0.5, 0.6) is 0 Å². The van der Waals surface area contributed by atoms with Gasteiger partial charge in [0.25, 0.3) is 10.0 Å². The molecule has 1 aliphatic carbocycles. The third-order valence-corrected chi connectivity index (χ3v) is 6.96. The highest BCUT2D eigenvalue weighted by molar-refractivity contribution is 7.92. The van der Waals surface area contributed by atoms with Gasteiger partial charge in [0.05, 0.1) is 10.6 Å². The topological polar surface area (TPSA) is 63.4 Å². The maximum atomic E-state index is 13.2. The molecule has 0 fully saturated rings. The summed E-state index contributed by atoms with van der Waals surface area (Å²) in [5.41, 5.74) is 10.9. The summed E-state index contributed by atoms with van der Waals surface area (Å²) in [6.45, 7) is 0.510. The number of rotatable bonds is 2. The normalized spacial score (nSPS) is 17.2. The van der Waals surface area contributed by atoms with E-state index in [1.165, 1.54) is 21.9 Å². The zero-order chi connectivity index (χ0) is 16.7. The zero-order valence-corrected chi connectivity index (χ0v) is 14.5. The molecule has 0 radical (unpaired) electrons. The van der Waals surface area contributed by atoms with Gasteiger partial charge in [0.1, 0.15) is 0 Å². The van der Waals surface area contributed by atoms with Gasteiger partial charge in [-0.05, 0) is 79.5 Å². The van der Waals surface area contributed by atoms with Gasteiger partial charge in [-0.2, -0.15) is 0 Å². The Bertz CT molecular complexity index is 890. The minimum absolute atomic E-state index is 0.401. The van der Waals surface area contributed by atoms with Gasteiger partial charge in [-0.1, -0.05) is 12.1 Å². The smallest absolute Gasteiger partial charge is 0.264 e. The minimum atomic E-state index is -3.55. The maximum Gasteiger partial charge on any atom is 0.264 e. The molecular weight excluding hydrogens is 320 g/mol. The van der Waals surface area contributed by atoms with E-state index in [0.717, 1.165) is 43.4 Å². The minimum Gasteiger partial charge on any atom is -0.398 e. The first-order chi connectivity index (χ1) is 11.6. The van der Waals surface area contributed by atoms with Crippen molar-refractivity contribution in [2.75, 3.05) is 16.6 Å². The van der Waals surface area contributed by atoms with Crippen molar-refractivity contribution < 1.29 is 8.42 Å². The van der Waals surface area contributed by atoms with Crippen LogP contribution in [0.2, 0.25) is 0 Å². The summed E-state index contributed by atoms with van der Waals surface area (Å²) in [6.07, 6.45) is 5.99. The molecule has 2 aromatic rings. The van der Waals surface area contributed by atoms with Crippen molar-refractivity contribution in [3.8, 4) is 0 Å². The molecule has 24 heavy (non-hydrogen) atoms. The summed E-state index contributed by atoms with van der Waals surface area (Å²) >= 11 is 0. The predicted molar refractivity (Wildman–Crippen MR) is 96.8 cm³/mol. The average molecular weight is 342 g/mol. The first-order valence-electron chi connectivity index (χ1n) is 8.59. The molecule has 5 heteroatoms. The fourth-order valence-corrected chi connectivity index (χ4v) is 5.45. The van der Waals surface area contributed by atoms with Crippen LogP contribution in [-0.4, -0.2) is 15.0 Å². The number of aryl methyl sites for hydroxylation is 2. The van der Waals surface area contributed by atoms with Crippen LogP contribution in [0.1, 0.15) is 36.0 Å². The second-order valence-corrected chi connectivity index (χ2v) is 8.53. The monoisotopic (exact) mass is 342 g/mol. The molecule has 0 unspecified atom stereocenters. The van der Waals surface area contributed by atoms with Crippen LogP contribution >= 0.6 is 0 Å². The van der Waals surface area contributed by atoms with E-state index in [4.69, 9.17) is 5.73 Å². The molecule has 126 valence electrons. The number of nitrogens with two attached hydrogens (primary N) is 1. The van der Waals surface area contributed by atoms with E-state index < -0.39 is 10.0 Å². The van der Waals surface area contributed by atoms with Gasteiger partial charge in [0.2, 0.25) is 0 Å². The Balaban J connectivity index is 1.78. The molecule has 1 aliphatic heterocycles. The molecule has 0 aromatic heterocycles. The van der Waals surface area contributed by atoms with Crippen LogP contribution in [0.25, 0.3) is 0 Å². The lowest BCUT2D eigenvalue weighted by molar-refractivity contribution is 0.586. The molecule has 4 nitrogen and oxygen atoms in total. The molecule has 2 N–H and O–H groups in total. The van der Waals surface area contributed by atoms with Gasteiger partial charge in [0.15, 0.2) is 0 Å². The quantitative estimate of drug-likeness (QED) is 0.852. The van der Waals surface area contributed by atoms with Crippen molar-refractivity contribution in [1.29, 1.82) is 0 Å². The standard InChI is InChI=1S/C19H22N2O2S/c20-18-8-3-9-19-17(18)7-4-12-21(19)24(22,23)16-11-10-14-5-1-2-6-15(14)13-16/h3,8-11,13H,1-2,4-7,12,20H2. The van der Waals surface area contributed by atoms with Gasteiger partial charge in [0, 0.05) is 12.2 Å². The van der Waals surface area contributed by atoms with Gasteiger partial charge < -0.3 is 5.73 Å². The number of anilines is 2. The number of nitrogens with zero attached hydrogens (tertiary/aromatic N) is 1. The Morgan fingerprint density at radius 1 is 0.917 bits per heavy atom. The first kappa shape index (κ1) is 15.5. The van der Waals surface area contributed by atoms with Crippen LogP contribution in [0.3, 0.4) is 0 Å². The SMILES string of the molecule is Nc1cccc2c1CCCN2S(=O)(=O)c1ccc2c(c1)CCCC2. The summed E-state index contributed by atoms with van der Waals surface area (Å²) < 4.78 is 28.0. The molecule has 0 saturated carbocycles. The third kappa shape index (κ3) is 2.47. The second-order valence-electron chi connectivity index (χ2n) is 6.66. The number of sulfonamides is 1. The highest BCUT2D eigenvalue weighted by Gasteiger charge is 2.30. The summed E-state index contributed by atoms with van der Waals surface area (Å²) in [6, 6.07) is 11.2. The van der Waals surface area contributed by atoms with E-state index in [9.17, 15) is 8.42 Å². The Labute approximate surface area is 143 Å². The van der Waals surface area contributed by atoms with E-state index in [1.54, 1.807) is 6.07 Å². The Kier molecular flexibility index (Phi) is 3.76. The van der Waals surface area contributed by atoms with Gasteiger partial charge in [-0.25, -0.2) is 8.42 Å². The number of nitrogen functional groups attached to an aromatic ring is 1. The maximum absolute atomic E-state index is 13.2. The average Bonchev–Trinajstić information content (AvgIpc) is 2.61. The van der Waals surface area contributed by atoms with Gasteiger partial charge in [-0.3, -0.25) is 4.31 Å². The summed E-state index contributed by atoms with van der Waals surface area (Å²) in [7, 11) is -3.55. The molecule has 0 amide bonds. The fraction of sp³-hybridized carbons (Fsp3) is 0.368. The van der Waals surface area contributed by atoms with Crippen LogP contribution in [-0.2, 0) is 29.3 Å². The first-order valence-corrected chi connectivity index (χ1v) is 10.0. The van der Waals surface area contributed by atoms with Crippen LogP contribution < -0.4 is 10.0 Å². The number of hydrogen-bond donors (Lipinski definition) is 1. The van der Waals surface area contributed by atoms with Crippen molar-refractivity contribution in [3.63, 3.8) is 0 Å². The number of fused-ring (bicyclic) bond motifs is 2. The second kappa shape index (κ2) is 5.81. The Hall–Kier alpha value is -2.01. The summed E-state index contributed by atoms with van der Waals surface area (Å²) in [4.78, 5) is 0.401. The van der Waals surface area contributed by atoms with E-state index in [2.05, 4.69) is 0 Å². The molecule has 0 saturated heterocycles. The lowest BCUT2D eigenvalue weighted by Gasteiger charge is -2.31. The fourth-order valence-electron chi connectivity index (χ4n) is 3.87. The molecule has 0 atom stereocenters. The van der Waals surface area contributed by atoms with Crippen molar-refractivity contribution >= 4 is 21.4 Å². The third-order valence-electron chi connectivity index (χ3n) is 5.15. The van der Waals surface area contributed by atoms with Gasteiger partial charge in [-0.15, -0.1) is 0 Å². The molecule has 1 heterocycles. The predicted octanol–water partition coefficient (Wildman–Crippen LogP) is 3.29. The highest BCUT2D eigenvalue weighted by atomic mass is 32.2. The lowest BCUT2D eigenvalue weighted by atomic mass is 9.92. The van der Waals surface area contributed by atoms with Crippen molar-refractivity contribution in [2.24, 2.45) is 0 Å². The molecular formula is C19H22N2O2S. The Morgan fingerprint density at radius 2 is 1.71 bits per heavy atom. The van der Waals surface area contributed by atoms with Crippen molar-refractivity contribution in [1.82, 2.24) is 0 Å². The van der Waals surface area contributed by atoms with Gasteiger partial charge >= 0.3 is 0 Å². The number of benzene rings is 2. The van der Waals surface area contributed by atoms with Crippen LogP contribution in [0.4, 0.5) is 11.4 Å². The molecule has 4 rings (SSSR count). The summed E-state index contributed by atoms with van der Waals surface area (Å²) in [5, 5.41) is 0. The van der Waals surface area contributed by atoms with E-state index in [0.29, 0.717) is 17.1 Å². The summed E-state index contributed by atoms with van der Waals surface area (Å²) in [5.74, 6) is 0. The number of hydrogen-bond acceptors (Lipinski definition) is 3. The molecule has 0 bridgehead atoms. The van der Waals surface area contributed by atoms with E-state index in [1.807, 2.05) is 30.3 Å². The largest absolute Gasteiger partial charge is 0.398 e. The zero-order valence-electron chi connectivity index (χ0n) is 13.7.